The third-order valence-electron chi connectivity index (χ3n) is 7.21. The summed E-state index contributed by atoms with van der Waals surface area (Å²) in [6.45, 7) is 2.00. The first kappa shape index (κ1) is 24.5. The fourth-order valence-electron chi connectivity index (χ4n) is 5.38. The van der Waals surface area contributed by atoms with E-state index in [-0.39, 0.29) is 36.1 Å². The smallest absolute Gasteiger partial charge is 0.350 e. The van der Waals surface area contributed by atoms with E-state index in [4.69, 9.17) is 0 Å². The van der Waals surface area contributed by atoms with Crippen molar-refractivity contribution in [3.8, 4) is 10.4 Å². The molecule has 10 heteroatoms. The van der Waals surface area contributed by atoms with Gasteiger partial charge in [-0.1, -0.05) is 30.3 Å². The van der Waals surface area contributed by atoms with Crippen LogP contribution in [0, 0.1) is 12.8 Å². The summed E-state index contributed by atoms with van der Waals surface area (Å²) in [5.41, 5.74) is 0.776. The van der Waals surface area contributed by atoms with Gasteiger partial charge in [0.2, 0.25) is 0 Å². The van der Waals surface area contributed by atoms with E-state index in [1.54, 1.807) is 36.2 Å². The van der Waals surface area contributed by atoms with E-state index in [0.29, 0.717) is 32.4 Å². The van der Waals surface area contributed by atoms with Crippen LogP contribution in [0.3, 0.4) is 0 Å². The highest BCUT2D eigenvalue weighted by molar-refractivity contribution is 7.15. The van der Waals surface area contributed by atoms with Crippen molar-refractivity contribution < 1.29 is 22.8 Å². The van der Waals surface area contributed by atoms with Crippen molar-refractivity contribution >= 4 is 34.1 Å². The summed E-state index contributed by atoms with van der Waals surface area (Å²) in [5.74, 6) is -0.217. The summed E-state index contributed by atoms with van der Waals surface area (Å²) in [6, 6.07) is 13.9. The van der Waals surface area contributed by atoms with Gasteiger partial charge in [0.15, 0.2) is 0 Å². The molecule has 1 saturated heterocycles. The summed E-state index contributed by atoms with van der Waals surface area (Å²) in [7, 11) is 0. The third kappa shape index (κ3) is 4.42. The van der Waals surface area contributed by atoms with Crippen LogP contribution in [0.15, 0.2) is 60.8 Å². The molecule has 0 radical (unpaired) electrons. The van der Waals surface area contributed by atoms with Gasteiger partial charge in [0.1, 0.15) is 5.69 Å². The van der Waals surface area contributed by atoms with Crippen LogP contribution in [0.25, 0.3) is 21.3 Å². The van der Waals surface area contributed by atoms with E-state index in [1.807, 2.05) is 18.2 Å². The maximum atomic E-state index is 13.8. The number of nitrogens with zero attached hydrogens (tertiary/aromatic N) is 3. The van der Waals surface area contributed by atoms with Crippen LogP contribution in [-0.4, -0.2) is 45.3 Å². The van der Waals surface area contributed by atoms with Crippen LogP contribution in [-0.2, 0) is 6.18 Å². The summed E-state index contributed by atoms with van der Waals surface area (Å²) < 4.78 is 40.0. The SMILES string of the molecule is Cc1nc(C(=O)N2[C@H](CNC(=O)c3cccc4cccnc34)C[C@@H]3C[C@@H]32)c(-c2cccc(C(F)(F)F)c2)s1. The molecule has 1 aliphatic heterocycles. The number of carbonyl (C=O) groups excluding carboxylic acids is 2. The number of amides is 2. The zero-order valence-corrected chi connectivity index (χ0v) is 21.1. The van der Waals surface area contributed by atoms with Crippen LogP contribution >= 0.6 is 11.3 Å². The molecule has 6 nitrogen and oxygen atoms in total. The highest BCUT2D eigenvalue weighted by Gasteiger charge is 2.54. The molecule has 1 N–H and O–H groups in total. The van der Waals surface area contributed by atoms with E-state index in [2.05, 4.69) is 15.3 Å². The minimum absolute atomic E-state index is 0.0555. The van der Waals surface area contributed by atoms with Crippen molar-refractivity contribution in [2.45, 2.75) is 38.0 Å². The van der Waals surface area contributed by atoms with Crippen molar-refractivity contribution in [3.05, 3.63) is 82.6 Å². The molecule has 2 aromatic carbocycles. The largest absolute Gasteiger partial charge is 0.416 e. The van der Waals surface area contributed by atoms with Gasteiger partial charge >= 0.3 is 6.18 Å². The summed E-state index contributed by atoms with van der Waals surface area (Å²) in [4.78, 5) is 37.8. The Balaban J connectivity index is 1.24. The Morgan fingerprint density at radius 1 is 1.11 bits per heavy atom. The average Bonchev–Trinajstić information content (AvgIpc) is 3.39. The molecule has 194 valence electrons. The molecular weight excluding hydrogens is 513 g/mol. The van der Waals surface area contributed by atoms with Crippen LogP contribution < -0.4 is 5.32 Å². The Bertz CT molecular complexity index is 1560. The van der Waals surface area contributed by atoms with Crippen molar-refractivity contribution in [3.63, 3.8) is 0 Å². The second kappa shape index (κ2) is 9.20. The molecule has 2 aromatic heterocycles. The number of hydrogen-bond donors (Lipinski definition) is 1. The second-order valence-corrected chi connectivity index (χ2v) is 10.9. The highest BCUT2D eigenvalue weighted by Crippen LogP contribution is 2.49. The number of thiazole rings is 1. The molecule has 1 aliphatic carbocycles. The lowest BCUT2D eigenvalue weighted by Crippen LogP contribution is -2.45. The minimum atomic E-state index is -4.49. The number of nitrogens with one attached hydrogen (secondary N) is 1. The molecular formula is C28H23F3N4O2S. The molecule has 0 unspecified atom stereocenters. The lowest BCUT2D eigenvalue weighted by atomic mass is 10.1. The number of fused-ring (bicyclic) bond motifs is 2. The van der Waals surface area contributed by atoms with E-state index in [9.17, 15) is 22.8 Å². The molecule has 1 saturated carbocycles. The fourth-order valence-corrected chi connectivity index (χ4v) is 6.28. The van der Waals surface area contributed by atoms with Gasteiger partial charge in [0.05, 0.1) is 32.6 Å². The van der Waals surface area contributed by atoms with Gasteiger partial charge in [-0.2, -0.15) is 13.2 Å². The Morgan fingerprint density at radius 2 is 1.89 bits per heavy atom. The Labute approximate surface area is 220 Å². The number of rotatable bonds is 5. The van der Waals surface area contributed by atoms with Gasteiger partial charge in [-0.3, -0.25) is 14.6 Å². The standard InChI is InChI=1S/C28H23F3N4O2S/c1-15-34-24(25(38-15)17-6-2-8-19(11-17)28(29,30)31)27(37)35-20(12-18-13-22(18)35)14-33-26(36)21-9-3-5-16-7-4-10-32-23(16)21/h2-11,18,20,22H,12-14H2,1H3,(H,33,36)/t18-,20+,22+/m1/s1. The van der Waals surface area contributed by atoms with Crippen LogP contribution in [0.2, 0.25) is 0 Å². The number of pyridine rings is 1. The van der Waals surface area contributed by atoms with Gasteiger partial charge in [0, 0.05) is 24.2 Å². The number of alkyl halides is 3. The van der Waals surface area contributed by atoms with Gasteiger partial charge in [-0.05, 0) is 55.5 Å². The van der Waals surface area contributed by atoms with Crippen molar-refractivity contribution in [2.24, 2.45) is 5.92 Å². The number of carbonyl (C=O) groups is 2. The van der Waals surface area contributed by atoms with E-state index in [0.717, 1.165) is 30.4 Å². The molecule has 38 heavy (non-hydrogen) atoms. The highest BCUT2D eigenvalue weighted by atomic mass is 32.1. The van der Waals surface area contributed by atoms with Crippen molar-refractivity contribution in [1.82, 2.24) is 20.2 Å². The molecule has 0 spiro atoms. The topological polar surface area (TPSA) is 75.2 Å². The van der Waals surface area contributed by atoms with Crippen molar-refractivity contribution in [2.75, 3.05) is 6.54 Å². The zero-order chi connectivity index (χ0) is 26.6. The van der Waals surface area contributed by atoms with Gasteiger partial charge < -0.3 is 10.2 Å². The summed E-state index contributed by atoms with van der Waals surface area (Å²) in [5, 5.41) is 4.43. The van der Waals surface area contributed by atoms with Crippen LogP contribution in [0.1, 0.15) is 44.3 Å². The first-order chi connectivity index (χ1) is 18.2. The van der Waals surface area contributed by atoms with E-state index in [1.165, 1.54) is 17.4 Å². The molecule has 2 aliphatic rings. The van der Waals surface area contributed by atoms with Gasteiger partial charge in [0.25, 0.3) is 11.8 Å². The van der Waals surface area contributed by atoms with Gasteiger partial charge in [-0.25, -0.2) is 4.98 Å². The molecule has 3 atom stereocenters. The van der Waals surface area contributed by atoms with Crippen molar-refractivity contribution in [1.29, 1.82) is 0 Å². The number of likely N-dealkylation sites (tertiary alicyclic amines) is 1. The minimum Gasteiger partial charge on any atom is -0.350 e. The normalized spacial score (nSPS) is 20.4. The van der Waals surface area contributed by atoms with E-state index >= 15 is 0 Å². The number of aromatic nitrogens is 2. The molecule has 2 fully saturated rings. The van der Waals surface area contributed by atoms with Crippen LogP contribution in [0.4, 0.5) is 13.2 Å². The number of piperidine rings is 1. The summed E-state index contributed by atoms with van der Waals surface area (Å²) >= 11 is 1.20. The predicted octanol–water partition coefficient (Wildman–Crippen LogP) is 5.72. The predicted molar refractivity (Wildman–Crippen MR) is 138 cm³/mol. The van der Waals surface area contributed by atoms with Gasteiger partial charge in [-0.15, -0.1) is 11.3 Å². The second-order valence-electron chi connectivity index (χ2n) is 9.74. The molecule has 2 amide bonds. The maximum Gasteiger partial charge on any atom is 0.416 e. The number of benzene rings is 2. The van der Waals surface area contributed by atoms with Crippen LogP contribution in [0.5, 0.6) is 0 Å². The first-order valence-corrected chi connectivity index (χ1v) is 13.1. The third-order valence-corrected chi connectivity index (χ3v) is 8.23. The first-order valence-electron chi connectivity index (χ1n) is 12.3. The lowest BCUT2D eigenvalue weighted by Gasteiger charge is -2.27. The summed E-state index contributed by atoms with van der Waals surface area (Å²) in [6.07, 6.45) is -1.21. The van der Waals surface area contributed by atoms with E-state index < -0.39 is 11.7 Å². The number of aryl methyl sites for hydroxylation is 1. The number of halogens is 3. The quantitative estimate of drug-likeness (QED) is 0.354. The molecule has 4 aromatic rings. The fraction of sp³-hybridized carbons (Fsp3) is 0.286. The zero-order valence-electron chi connectivity index (χ0n) is 20.3. The average molecular weight is 537 g/mol. The number of para-hydroxylation sites is 1. The Kier molecular flexibility index (Phi) is 5.94. The monoisotopic (exact) mass is 536 g/mol. The maximum absolute atomic E-state index is 13.8. The lowest BCUT2D eigenvalue weighted by molar-refractivity contribution is -0.137. The Morgan fingerprint density at radius 3 is 2.71 bits per heavy atom. The number of hydrogen-bond acceptors (Lipinski definition) is 5. The Hall–Kier alpha value is -3.79. The molecule has 3 heterocycles. The molecule has 0 bridgehead atoms. The molecule has 6 rings (SSSR count).